The van der Waals surface area contributed by atoms with Crippen molar-refractivity contribution in [3.8, 4) is 22.7 Å². The number of nitrogens with two attached hydrogens (primary N) is 1. The van der Waals surface area contributed by atoms with Gasteiger partial charge in [0.05, 0.1) is 18.5 Å². The normalized spacial score (nSPS) is 10.6. The van der Waals surface area contributed by atoms with E-state index in [2.05, 4.69) is 5.10 Å². The van der Waals surface area contributed by atoms with E-state index in [4.69, 9.17) is 10.5 Å². The molecule has 0 aliphatic rings. The Morgan fingerprint density at radius 3 is 2.33 bits per heavy atom. The lowest BCUT2D eigenvalue weighted by molar-refractivity contribution is 0.414. The molecular weight excluding hydrogens is 269 g/mol. The maximum Gasteiger partial charge on any atom is 0.127 e. The van der Waals surface area contributed by atoms with Crippen molar-refractivity contribution in [3.05, 3.63) is 60.4 Å². The summed E-state index contributed by atoms with van der Waals surface area (Å²) in [5, 5.41) is 4.46. The average Bonchev–Trinajstić information content (AvgIpc) is 2.90. The molecule has 0 bridgehead atoms. The van der Waals surface area contributed by atoms with Gasteiger partial charge in [0.25, 0.3) is 0 Å². The van der Waals surface area contributed by atoms with Crippen LogP contribution < -0.4 is 10.5 Å². The van der Waals surface area contributed by atoms with E-state index in [1.807, 2.05) is 24.3 Å². The van der Waals surface area contributed by atoms with Gasteiger partial charge in [0.2, 0.25) is 0 Å². The number of methoxy groups -OCH3 is 1. The van der Waals surface area contributed by atoms with Gasteiger partial charge in [-0.3, -0.25) is 0 Å². The molecule has 3 rings (SSSR count). The molecule has 1 heterocycles. The number of hydrogen-bond donors (Lipinski definition) is 1. The first-order chi connectivity index (χ1) is 10.2. The zero-order chi connectivity index (χ0) is 14.8. The summed E-state index contributed by atoms with van der Waals surface area (Å²) in [4.78, 5) is 0. The van der Waals surface area contributed by atoms with Gasteiger partial charge in [-0.1, -0.05) is 0 Å². The predicted octanol–water partition coefficient (Wildman–Crippen LogP) is 3.27. The number of nitrogens with zero attached hydrogens (tertiary/aromatic N) is 2. The lowest BCUT2D eigenvalue weighted by Gasteiger charge is -2.05. The third kappa shape index (κ3) is 2.58. The minimum atomic E-state index is -0.277. The Kier molecular flexibility index (Phi) is 3.31. The topological polar surface area (TPSA) is 53.1 Å². The third-order valence-corrected chi connectivity index (χ3v) is 3.19. The first-order valence-corrected chi connectivity index (χ1v) is 6.43. The van der Waals surface area contributed by atoms with E-state index in [1.165, 1.54) is 12.1 Å². The summed E-state index contributed by atoms with van der Waals surface area (Å²) in [5.41, 5.74) is 8.35. The van der Waals surface area contributed by atoms with Crippen LogP contribution in [0.5, 0.6) is 5.75 Å². The Bertz CT molecular complexity index is 748. The summed E-state index contributed by atoms with van der Waals surface area (Å²) < 4.78 is 19.7. The molecule has 3 aromatic rings. The molecule has 0 atom stereocenters. The Hall–Kier alpha value is -2.82. The number of nitrogen functional groups attached to an aromatic ring is 1. The van der Waals surface area contributed by atoms with Crippen LogP contribution in [-0.2, 0) is 0 Å². The Labute approximate surface area is 121 Å². The summed E-state index contributed by atoms with van der Waals surface area (Å²) >= 11 is 0. The van der Waals surface area contributed by atoms with Crippen LogP contribution in [0.25, 0.3) is 16.9 Å². The van der Waals surface area contributed by atoms with Crippen LogP contribution in [-0.4, -0.2) is 16.9 Å². The van der Waals surface area contributed by atoms with E-state index in [9.17, 15) is 4.39 Å². The van der Waals surface area contributed by atoms with Gasteiger partial charge >= 0.3 is 0 Å². The highest BCUT2D eigenvalue weighted by atomic mass is 19.1. The van der Waals surface area contributed by atoms with Crippen molar-refractivity contribution < 1.29 is 9.13 Å². The predicted molar refractivity (Wildman–Crippen MR) is 79.9 cm³/mol. The molecule has 2 aromatic carbocycles. The van der Waals surface area contributed by atoms with Crippen molar-refractivity contribution in [3.63, 3.8) is 0 Å². The minimum Gasteiger partial charge on any atom is -0.497 e. The molecular formula is C16H14FN3O. The van der Waals surface area contributed by atoms with Gasteiger partial charge in [0.1, 0.15) is 17.4 Å². The smallest absolute Gasteiger partial charge is 0.127 e. The number of ether oxygens (including phenoxy) is 1. The van der Waals surface area contributed by atoms with Gasteiger partial charge in [-0.05, 0) is 48.5 Å². The fourth-order valence-electron chi connectivity index (χ4n) is 2.09. The number of benzene rings is 2. The molecule has 21 heavy (non-hydrogen) atoms. The molecule has 2 N–H and O–H groups in total. The highest BCUT2D eigenvalue weighted by molar-refractivity contribution is 5.63. The highest BCUT2D eigenvalue weighted by Crippen LogP contribution is 2.24. The van der Waals surface area contributed by atoms with Crippen molar-refractivity contribution in [2.24, 2.45) is 0 Å². The maximum atomic E-state index is 13.0. The van der Waals surface area contributed by atoms with Crippen molar-refractivity contribution in [2.45, 2.75) is 0 Å². The quantitative estimate of drug-likeness (QED) is 0.802. The lowest BCUT2D eigenvalue weighted by Crippen LogP contribution is -2.01. The van der Waals surface area contributed by atoms with Crippen LogP contribution in [0.3, 0.4) is 0 Å². The van der Waals surface area contributed by atoms with Crippen LogP contribution in [0.15, 0.2) is 54.6 Å². The van der Waals surface area contributed by atoms with Gasteiger partial charge < -0.3 is 10.5 Å². The number of aromatic nitrogens is 2. The van der Waals surface area contributed by atoms with Crippen molar-refractivity contribution in [2.75, 3.05) is 12.8 Å². The van der Waals surface area contributed by atoms with Crippen molar-refractivity contribution in [1.29, 1.82) is 0 Å². The monoisotopic (exact) mass is 283 g/mol. The van der Waals surface area contributed by atoms with Gasteiger partial charge in [-0.25, -0.2) is 9.07 Å². The van der Waals surface area contributed by atoms with Gasteiger partial charge in [-0.2, -0.15) is 5.10 Å². The van der Waals surface area contributed by atoms with E-state index in [0.29, 0.717) is 11.5 Å². The third-order valence-electron chi connectivity index (χ3n) is 3.19. The minimum absolute atomic E-state index is 0.277. The van der Waals surface area contributed by atoms with E-state index in [-0.39, 0.29) is 5.82 Å². The summed E-state index contributed by atoms with van der Waals surface area (Å²) in [6.07, 6.45) is 0. The molecule has 0 aliphatic heterocycles. The van der Waals surface area contributed by atoms with E-state index >= 15 is 0 Å². The second-order valence-electron chi connectivity index (χ2n) is 4.57. The van der Waals surface area contributed by atoms with E-state index in [1.54, 1.807) is 30.0 Å². The number of rotatable bonds is 3. The maximum absolute atomic E-state index is 13.0. The zero-order valence-electron chi connectivity index (χ0n) is 11.5. The number of halogens is 1. The SMILES string of the molecule is COc1ccc(-n2nc(-c3ccc(F)cc3)cc2N)cc1. The molecule has 106 valence electrons. The fourth-order valence-corrected chi connectivity index (χ4v) is 2.09. The van der Waals surface area contributed by atoms with E-state index < -0.39 is 0 Å². The van der Waals surface area contributed by atoms with Crippen LogP contribution >= 0.6 is 0 Å². The van der Waals surface area contributed by atoms with Crippen molar-refractivity contribution >= 4 is 5.82 Å². The molecule has 1 aromatic heterocycles. The second kappa shape index (κ2) is 5.28. The summed E-state index contributed by atoms with van der Waals surface area (Å²) in [5.74, 6) is 1.00. The van der Waals surface area contributed by atoms with Crippen LogP contribution in [0.1, 0.15) is 0 Å². The molecule has 0 saturated heterocycles. The van der Waals surface area contributed by atoms with Crippen LogP contribution in [0, 0.1) is 5.82 Å². The lowest BCUT2D eigenvalue weighted by atomic mass is 10.1. The fraction of sp³-hybridized carbons (Fsp3) is 0.0625. The number of hydrogen-bond acceptors (Lipinski definition) is 3. The average molecular weight is 283 g/mol. The highest BCUT2D eigenvalue weighted by Gasteiger charge is 2.09. The zero-order valence-corrected chi connectivity index (χ0v) is 11.5. The summed E-state index contributed by atoms with van der Waals surface area (Å²) in [6.45, 7) is 0. The van der Waals surface area contributed by atoms with Crippen LogP contribution in [0.4, 0.5) is 10.2 Å². The van der Waals surface area contributed by atoms with Crippen molar-refractivity contribution in [1.82, 2.24) is 9.78 Å². The Balaban J connectivity index is 1.98. The molecule has 0 saturated carbocycles. The molecule has 0 fully saturated rings. The summed E-state index contributed by atoms with van der Waals surface area (Å²) in [6, 6.07) is 15.3. The second-order valence-corrected chi connectivity index (χ2v) is 4.57. The largest absolute Gasteiger partial charge is 0.497 e. The van der Waals surface area contributed by atoms with Gasteiger partial charge in [0, 0.05) is 11.6 Å². The Morgan fingerprint density at radius 2 is 1.71 bits per heavy atom. The Morgan fingerprint density at radius 1 is 1.05 bits per heavy atom. The molecule has 0 amide bonds. The van der Waals surface area contributed by atoms with Gasteiger partial charge in [0.15, 0.2) is 0 Å². The molecule has 5 heteroatoms. The van der Waals surface area contributed by atoms with E-state index in [0.717, 1.165) is 17.0 Å². The molecule has 4 nitrogen and oxygen atoms in total. The molecule has 0 aliphatic carbocycles. The number of anilines is 1. The molecule has 0 radical (unpaired) electrons. The van der Waals surface area contributed by atoms with Gasteiger partial charge in [-0.15, -0.1) is 0 Å². The summed E-state index contributed by atoms with van der Waals surface area (Å²) in [7, 11) is 1.61. The molecule has 0 spiro atoms. The first kappa shape index (κ1) is 13.2. The van der Waals surface area contributed by atoms with Crippen LogP contribution in [0.2, 0.25) is 0 Å². The first-order valence-electron chi connectivity index (χ1n) is 6.43. The molecule has 0 unspecified atom stereocenters. The standard InChI is InChI=1S/C16H14FN3O/c1-21-14-8-6-13(7-9-14)20-16(18)10-15(19-20)11-2-4-12(17)5-3-11/h2-10H,18H2,1H3.